The van der Waals surface area contributed by atoms with E-state index in [1.165, 1.54) is 6.08 Å². The second kappa shape index (κ2) is 10.5. The third-order valence-corrected chi connectivity index (χ3v) is 5.17. The summed E-state index contributed by atoms with van der Waals surface area (Å²) in [6.45, 7) is 5.77. The fourth-order valence-corrected chi connectivity index (χ4v) is 3.68. The molecule has 1 aliphatic rings. The first-order valence-electron chi connectivity index (χ1n) is 9.67. The van der Waals surface area contributed by atoms with Crippen LogP contribution in [0.1, 0.15) is 38.7 Å². The largest absolute Gasteiger partial charge is 0.490 e. The van der Waals surface area contributed by atoms with Crippen LogP contribution in [0, 0.1) is 0 Å². The molecular weight excluding hydrogens is 380 g/mol. The van der Waals surface area contributed by atoms with E-state index in [1.54, 1.807) is 11.0 Å². The maximum atomic E-state index is 12.7. The zero-order valence-corrected chi connectivity index (χ0v) is 17.6. The Kier molecular flexibility index (Phi) is 8.32. The fraction of sp³-hybridized carbons (Fsp3) is 0.550. The van der Waals surface area contributed by atoms with Crippen molar-refractivity contribution in [3.05, 3.63) is 29.8 Å². The van der Waals surface area contributed by atoms with Gasteiger partial charge in [-0.2, -0.15) is 0 Å². The summed E-state index contributed by atoms with van der Waals surface area (Å²) in [4.78, 5) is 14.4. The second-order valence-corrected chi connectivity index (χ2v) is 8.54. The molecule has 1 fully saturated rings. The molecule has 0 aromatic heterocycles. The molecule has 156 valence electrons. The Balaban J connectivity index is 2.09. The molecular formula is C20H30N2O5S. The molecule has 1 unspecified atom stereocenters. The van der Waals surface area contributed by atoms with E-state index >= 15 is 0 Å². The van der Waals surface area contributed by atoms with Crippen LogP contribution in [0.15, 0.2) is 24.3 Å². The van der Waals surface area contributed by atoms with E-state index in [9.17, 15) is 13.2 Å². The highest BCUT2D eigenvalue weighted by Crippen LogP contribution is 2.29. The van der Waals surface area contributed by atoms with Gasteiger partial charge >= 0.3 is 0 Å². The standard InChI is InChI=1S/C20H30N2O5S/c1-4-26-18-11-9-16(14-19(18)27-5-2)10-12-20(23)22-13-7-6-8-17(22)15-21-28(3,24)25/h9-12,14,17,21H,4-8,13,15H2,1-3H3/b12-10+. The van der Waals surface area contributed by atoms with Crippen molar-refractivity contribution in [2.24, 2.45) is 0 Å². The Labute approximate surface area is 167 Å². The van der Waals surface area contributed by atoms with Crippen LogP contribution < -0.4 is 14.2 Å². The lowest BCUT2D eigenvalue weighted by Crippen LogP contribution is -2.48. The van der Waals surface area contributed by atoms with E-state index < -0.39 is 10.0 Å². The third kappa shape index (κ3) is 6.83. The molecule has 0 saturated carbocycles. The molecule has 0 spiro atoms. The summed E-state index contributed by atoms with van der Waals surface area (Å²) >= 11 is 0. The average Bonchev–Trinajstić information content (AvgIpc) is 2.66. The molecule has 1 aromatic rings. The normalized spacial score (nSPS) is 17.7. The van der Waals surface area contributed by atoms with Crippen LogP contribution in [0.4, 0.5) is 0 Å². The molecule has 1 N–H and O–H groups in total. The van der Waals surface area contributed by atoms with Crippen molar-refractivity contribution in [3.63, 3.8) is 0 Å². The van der Waals surface area contributed by atoms with Gasteiger partial charge in [-0.25, -0.2) is 13.1 Å². The molecule has 28 heavy (non-hydrogen) atoms. The van der Waals surface area contributed by atoms with E-state index in [0.717, 1.165) is 31.1 Å². The Hall–Kier alpha value is -2.06. The Morgan fingerprint density at radius 2 is 1.93 bits per heavy atom. The van der Waals surface area contributed by atoms with Crippen molar-refractivity contribution >= 4 is 22.0 Å². The van der Waals surface area contributed by atoms with Crippen molar-refractivity contribution in [3.8, 4) is 11.5 Å². The predicted molar refractivity (Wildman–Crippen MR) is 110 cm³/mol. The Morgan fingerprint density at radius 3 is 2.61 bits per heavy atom. The van der Waals surface area contributed by atoms with E-state index in [0.29, 0.717) is 31.3 Å². The van der Waals surface area contributed by atoms with E-state index in [2.05, 4.69) is 4.72 Å². The van der Waals surface area contributed by atoms with Gasteiger partial charge in [0.2, 0.25) is 15.9 Å². The number of ether oxygens (including phenoxy) is 2. The van der Waals surface area contributed by atoms with Crippen molar-refractivity contribution in [1.29, 1.82) is 0 Å². The van der Waals surface area contributed by atoms with Gasteiger partial charge in [0.05, 0.1) is 19.5 Å². The highest BCUT2D eigenvalue weighted by Gasteiger charge is 2.25. The highest BCUT2D eigenvalue weighted by molar-refractivity contribution is 7.88. The summed E-state index contributed by atoms with van der Waals surface area (Å²) in [5.41, 5.74) is 0.836. The molecule has 0 aliphatic carbocycles. The Morgan fingerprint density at radius 1 is 1.21 bits per heavy atom. The first kappa shape index (κ1) is 22.2. The molecule has 1 aliphatic heterocycles. The van der Waals surface area contributed by atoms with Crippen LogP contribution in [-0.2, 0) is 14.8 Å². The number of nitrogens with one attached hydrogen (secondary N) is 1. The van der Waals surface area contributed by atoms with Gasteiger partial charge in [-0.05, 0) is 56.9 Å². The number of sulfonamides is 1. The maximum absolute atomic E-state index is 12.7. The lowest BCUT2D eigenvalue weighted by Gasteiger charge is -2.35. The zero-order valence-electron chi connectivity index (χ0n) is 16.8. The predicted octanol–water partition coefficient (Wildman–Crippen LogP) is 2.43. The van der Waals surface area contributed by atoms with Crippen molar-refractivity contribution in [2.45, 2.75) is 39.2 Å². The van der Waals surface area contributed by atoms with Gasteiger partial charge in [-0.1, -0.05) is 6.07 Å². The van der Waals surface area contributed by atoms with Crippen LogP contribution >= 0.6 is 0 Å². The number of hydrogen-bond donors (Lipinski definition) is 1. The van der Waals surface area contributed by atoms with Gasteiger partial charge in [-0.3, -0.25) is 4.79 Å². The first-order valence-corrected chi connectivity index (χ1v) is 11.6. The number of nitrogens with zero attached hydrogens (tertiary/aromatic N) is 1. The van der Waals surface area contributed by atoms with Gasteiger partial charge < -0.3 is 14.4 Å². The lowest BCUT2D eigenvalue weighted by molar-refractivity contribution is -0.129. The minimum Gasteiger partial charge on any atom is -0.490 e. The number of rotatable bonds is 9. The van der Waals surface area contributed by atoms with Gasteiger partial charge in [-0.15, -0.1) is 0 Å². The number of benzene rings is 1. The molecule has 1 saturated heterocycles. The van der Waals surface area contributed by atoms with Gasteiger partial charge in [0.1, 0.15) is 0 Å². The van der Waals surface area contributed by atoms with Crippen LogP contribution in [0.3, 0.4) is 0 Å². The fourth-order valence-electron chi connectivity index (χ4n) is 3.19. The molecule has 0 radical (unpaired) electrons. The molecule has 1 atom stereocenters. The zero-order chi connectivity index (χ0) is 20.6. The van der Waals surface area contributed by atoms with Crippen molar-refractivity contribution < 1.29 is 22.7 Å². The quantitative estimate of drug-likeness (QED) is 0.632. The van der Waals surface area contributed by atoms with Crippen LogP contribution in [0.25, 0.3) is 6.08 Å². The number of piperidine rings is 1. The smallest absolute Gasteiger partial charge is 0.246 e. The highest BCUT2D eigenvalue weighted by atomic mass is 32.2. The van der Waals surface area contributed by atoms with Gasteiger partial charge in [0.25, 0.3) is 0 Å². The number of likely N-dealkylation sites (tertiary alicyclic amines) is 1. The summed E-state index contributed by atoms with van der Waals surface area (Å²) in [6, 6.07) is 5.42. The number of hydrogen-bond acceptors (Lipinski definition) is 5. The number of amides is 1. The average molecular weight is 411 g/mol. The van der Waals surface area contributed by atoms with Crippen molar-refractivity contribution in [1.82, 2.24) is 9.62 Å². The van der Waals surface area contributed by atoms with E-state index in [-0.39, 0.29) is 18.5 Å². The van der Waals surface area contributed by atoms with E-state index in [4.69, 9.17) is 9.47 Å². The molecule has 1 aromatic carbocycles. The number of carbonyl (C=O) groups excluding carboxylic acids is 1. The third-order valence-electron chi connectivity index (χ3n) is 4.48. The van der Waals surface area contributed by atoms with Gasteiger partial charge in [0, 0.05) is 25.2 Å². The van der Waals surface area contributed by atoms with Gasteiger partial charge in [0.15, 0.2) is 11.5 Å². The second-order valence-electron chi connectivity index (χ2n) is 6.71. The molecule has 1 heterocycles. The summed E-state index contributed by atoms with van der Waals surface area (Å²) in [7, 11) is -3.28. The SMILES string of the molecule is CCOc1ccc(/C=C/C(=O)N2CCCCC2CNS(C)(=O)=O)cc1OCC. The molecule has 8 heteroatoms. The summed E-state index contributed by atoms with van der Waals surface area (Å²) in [5, 5.41) is 0. The number of carbonyl (C=O) groups is 1. The molecule has 1 amide bonds. The molecule has 7 nitrogen and oxygen atoms in total. The van der Waals surface area contributed by atoms with Crippen molar-refractivity contribution in [2.75, 3.05) is 32.6 Å². The summed E-state index contributed by atoms with van der Waals surface area (Å²) < 4.78 is 36.4. The van der Waals surface area contributed by atoms with Crippen LogP contribution in [0.2, 0.25) is 0 Å². The van der Waals surface area contributed by atoms with Crippen LogP contribution in [-0.4, -0.2) is 57.8 Å². The van der Waals surface area contributed by atoms with E-state index in [1.807, 2.05) is 32.0 Å². The topological polar surface area (TPSA) is 84.9 Å². The molecule has 0 bridgehead atoms. The molecule has 2 rings (SSSR count). The van der Waals surface area contributed by atoms with Crippen LogP contribution in [0.5, 0.6) is 11.5 Å². The lowest BCUT2D eigenvalue weighted by atomic mass is 10.0. The summed E-state index contributed by atoms with van der Waals surface area (Å²) in [6.07, 6.45) is 7.11. The monoisotopic (exact) mass is 410 g/mol. The minimum absolute atomic E-state index is 0.119. The summed E-state index contributed by atoms with van der Waals surface area (Å²) in [5.74, 6) is 1.20. The Bertz CT molecular complexity index is 792. The maximum Gasteiger partial charge on any atom is 0.246 e. The minimum atomic E-state index is -3.28. The first-order chi connectivity index (χ1) is 13.3.